The zero-order chi connectivity index (χ0) is 26.8. The van der Waals surface area contributed by atoms with E-state index in [2.05, 4.69) is 6.58 Å². The van der Waals surface area contributed by atoms with E-state index in [1.165, 1.54) is 6.07 Å². The molecule has 0 saturated heterocycles. The number of ether oxygens (including phenoxy) is 5. The lowest BCUT2D eigenvalue weighted by molar-refractivity contribution is -0.385. The number of nitro benzene ring substituents is 1. The van der Waals surface area contributed by atoms with Crippen LogP contribution in [-0.4, -0.2) is 43.6 Å². The van der Waals surface area contributed by atoms with E-state index < -0.39 is 11.2 Å². The Hall–Kier alpha value is -4.73. The SMILES string of the molecule is C=CCOc1ccc(C2Oc3ccc([N+](=O)[O-])cc3C3CC(c4ccc(OC)c(OC)c4)=NN32)cc1OC. The quantitative estimate of drug-likeness (QED) is 0.210. The lowest BCUT2D eigenvalue weighted by Crippen LogP contribution is -2.33. The van der Waals surface area contributed by atoms with Crippen LogP contribution in [-0.2, 0) is 0 Å². The maximum atomic E-state index is 11.5. The highest BCUT2D eigenvalue weighted by atomic mass is 16.6. The molecule has 0 amide bonds. The number of hydrogen-bond donors (Lipinski definition) is 0. The smallest absolute Gasteiger partial charge is 0.270 e. The third-order valence-corrected chi connectivity index (χ3v) is 6.53. The third-order valence-electron chi connectivity index (χ3n) is 6.53. The molecule has 10 nitrogen and oxygen atoms in total. The van der Waals surface area contributed by atoms with E-state index in [0.29, 0.717) is 47.3 Å². The fourth-order valence-electron chi connectivity index (χ4n) is 4.70. The molecule has 2 heterocycles. The Balaban J connectivity index is 1.58. The normalized spacial score (nSPS) is 17.4. The molecular weight excluding hydrogens is 490 g/mol. The van der Waals surface area contributed by atoms with Crippen molar-refractivity contribution in [1.82, 2.24) is 5.01 Å². The van der Waals surface area contributed by atoms with Gasteiger partial charge in [-0.2, -0.15) is 5.10 Å². The number of hydrazone groups is 1. The molecule has 3 aromatic carbocycles. The van der Waals surface area contributed by atoms with E-state index in [1.54, 1.807) is 39.5 Å². The van der Waals surface area contributed by atoms with Crippen molar-refractivity contribution in [2.75, 3.05) is 27.9 Å². The van der Waals surface area contributed by atoms with Crippen LogP contribution in [0.25, 0.3) is 0 Å². The number of methoxy groups -OCH3 is 3. The number of non-ortho nitro benzene ring substituents is 1. The first-order valence-electron chi connectivity index (χ1n) is 11.9. The number of rotatable bonds is 9. The second-order valence-corrected chi connectivity index (χ2v) is 8.68. The monoisotopic (exact) mass is 517 g/mol. The van der Waals surface area contributed by atoms with Crippen LogP contribution in [0.5, 0.6) is 28.7 Å². The van der Waals surface area contributed by atoms with E-state index in [1.807, 2.05) is 41.4 Å². The maximum absolute atomic E-state index is 11.5. The minimum atomic E-state index is -0.603. The van der Waals surface area contributed by atoms with Crippen molar-refractivity contribution in [2.24, 2.45) is 5.10 Å². The van der Waals surface area contributed by atoms with Gasteiger partial charge in [-0.15, -0.1) is 0 Å². The van der Waals surface area contributed by atoms with Gasteiger partial charge in [0.2, 0.25) is 6.23 Å². The summed E-state index contributed by atoms with van der Waals surface area (Å²) in [6.07, 6.45) is 1.57. The van der Waals surface area contributed by atoms with Gasteiger partial charge in [0.15, 0.2) is 23.0 Å². The summed E-state index contributed by atoms with van der Waals surface area (Å²) in [5.74, 6) is 2.89. The fourth-order valence-corrected chi connectivity index (χ4v) is 4.70. The first kappa shape index (κ1) is 24.9. The summed E-state index contributed by atoms with van der Waals surface area (Å²) in [5.41, 5.74) is 3.14. The molecule has 0 fully saturated rings. The van der Waals surface area contributed by atoms with Gasteiger partial charge in [-0.05, 0) is 42.5 Å². The van der Waals surface area contributed by atoms with Crippen molar-refractivity contribution in [2.45, 2.75) is 18.7 Å². The second kappa shape index (κ2) is 10.3. The molecule has 0 radical (unpaired) electrons. The van der Waals surface area contributed by atoms with Crippen LogP contribution in [0.4, 0.5) is 5.69 Å². The van der Waals surface area contributed by atoms with E-state index in [-0.39, 0.29) is 11.7 Å². The van der Waals surface area contributed by atoms with Crippen molar-refractivity contribution in [3.63, 3.8) is 0 Å². The van der Waals surface area contributed by atoms with Crippen LogP contribution in [0.1, 0.15) is 35.4 Å². The minimum absolute atomic E-state index is 0.00398. The van der Waals surface area contributed by atoms with Crippen molar-refractivity contribution >= 4 is 11.4 Å². The average Bonchev–Trinajstić information content (AvgIpc) is 3.40. The Morgan fingerprint density at radius 1 is 1.03 bits per heavy atom. The van der Waals surface area contributed by atoms with Gasteiger partial charge in [0.05, 0.1) is 38.0 Å². The second-order valence-electron chi connectivity index (χ2n) is 8.68. The predicted molar refractivity (Wildman–Crippen MR) is 140 cm³/mol. The molecule has 0 aromatic heterocycles. The summed E-state index contributed by atoms with van der Waals surface area (Å²) >= 11 is 0. The highest BCUT2D eigenvalue weighted by Gasteiger charge is 2.42. The Bertz CT molecular complexity index is 1420. The van der Waals surface area contributed by atoms with Gasteiger partial charge in [-0.1, -0.05) is 12.7 Å². The maximum Gasteiger partial charge on any atom is 0.270 e. The summed E-state index contributed by atoms with van der Waals surface area (Å²) in [6.45, 7) is 4.03. The van der Waals surface area contributed by atoms with Gasteiger partial charge in [0.25, 0.3) is 5.69 Å². The van der Waals surface area contributed by atoms with Crippen molar-refractivity contribution < 1.29 is 28.6 Å². The van der Waals surface area contributed by atoms with Crippen LogP contribution in [0.2, 0.25) is 0 Å². The van der Waals surface area contributed by atoms with E-state index in [4.69, 9.17) is 28.8 Å². The Kier molecular flexibility index (Phi) is 6.78. The molecule has 0 spiro atoms. The van der Waals surface area contributed by atoms with Crippen LogP contribution in [0.3, 0.4) is 0 Å². The summed E-state index contributed by atoms with van der Waals surface area (Å²) in [5, 5.41) is 18.3. The van der Waals surface area contributed by atoms with Crippen LogP contribution in [0.15, 0.2) is 72.4 Å². The number of benzene rings is 3. The van der Waals surface area contributed by atoms with Crippen molar-refractivity contribution in [3.8, 4) is 28.7 Å². The fraction of sp³-hybridized carbons (Fsp3) is 0.250. The third kappa shape index (κ3) is 4.45. The first-order valence-corrected chi connectivity index (χ1v) is 11.9. The molecule has 0 saturated carbocycles. The first-order chi connectivity index (χ1) is 18.5. The largest absolute Gasteiger partial charge is 0.493 e. The molecule has 38 heavy (non-hydrogen) atoms. The Morgan fingerprint density at radius 3 is 2.47 bits per heavy atom. The molecule has 196 valence electrons. The number of nitro groups is 1. The lowest BCUT2D eigenvalue weighted by Gasteiger charge is -2.38. The molecule has 2 unspecified atom stereocenters. The van der Waals surface area contributed by atoms with Gasteiger partial charge in [-0.3, -0.25) is 10.1 Å². The average molecular weight is 518 g/mol. The van der Waals surface area contributed by atoms with Crippen LogP contribution < -0.4 is 23.7 Å². The molecule has 0 bridgehead atoms. The van der Waals surface area contributed by atoms with E-state index in [0.717, 1.165) is 16.8 Å². The standard InChI is InChI=1S/C28H27N3O7/c1-5-12-37-25-10-7-18(14-27(25)36-4)28-30-22(20-15-19(31(32)33)8-11-23(20)38-28)16-21(29-30)17-6-9-24(34-2)26(13-17)35-3/h5-11,13-15,22,28H,1,12,16H2,2-4H3. The molecule has 3 aromatic rings. The molecule has 2 aliphatic heterocycles. The van der Waals surface area contributed by atoms with Gasteiger partial charge in [0, 0.05) is 35.2 Å². The highest BCUT2D eigenvalue weighted by molar-refractivity contribution is 6.02. The zero-order valence-electron chi connectivity index (χ0n) is 21.2. The summed E-state index contributed by atoms with van der Waals surface area (Å²) in [6, 6.07) is 15.5. The zero-order valence-corrected chi connectivity index (χ0v) is 21.2. The van der Waals surface area contributed by atoms with Crippen LogP contribution in [0, 0.1) is 10.1 Å². The number of nitrogens with zero attached hydrogens (tertiary/aromatic N) is 3. The lowest BCUT2D eigenvalue weighted by atomic mass is 9.95. The molecule has 2 aliphatic rings. The molecule has 0 N–H and O–H groups in total. The Morgan fingerprint density at radius 2 is 1.76 bits per heavy atom. The summed E-state index contributed by atoms with van der Waals surface area (Å²) < 4.78 is 28.5. The van der Waals surface area contributed by atoms with Gasteiger partial charge >= 0.3 is 0 Å². The summed E-state index contributed by atoms with van der Waals surface area (Å²) in [4.78, 5) is 11.1. The number of fused-ring (bicyclic) bond motifs is 3. The topological polar surface area (TPSA) is 105 Å². The predicted octanol–water partition coefficient (Wildman–Crippen LogP) is 5.43. The van der Waals surface area contributed by atoms with Crippen molar-refractivity contribution in [3.05, 3.63) is 94.1 Å². The number of hydrogen-bond acceptors (Lipinski definition) is 9. The Labute approximate surface area is 219 Å². The van der Waals surface area contributed by atoms with E-state index in [9.17, 15) is 10.1 Å². The van der Waals surface area contributed by atoms with Crippen molar-refractivity contribution in [1.29, 1.82) is 0 Å². The molecule has 0 aliphatic carbocycles. The minimum Gasteiger partial charge on any atom is -0.493 e. The van der Waals surface area contributed by atoms with Gasteiger partial charge in [0.1, 0.15) is 12.4 Å². The summed E-state index contributed by atoms with van der Waals surface area (Å²) in [7, 11) is 4.73. The van der Waals surface area contributed by atoms with Gasteiger partial charge < -0.3 is 23.7 Å². The van der Waals surface area contributed by atoms with E-state index >= 15 is 0 Å². The van der Waals surface area contributed by atoms with Gasteiger partial charge in [-0.25, -0.2) is 5.01 Å². The molecule has 2 atom stereocenters. The molecule has 10 heteroatoms. The molecular formula is C28H27N3O7. The highest BCUT2D eigenvalue weighted by Crippen LogP contribution is 2.49. The van der Waals surface area contributed by atoms with Crippen LogP contribution >= 0.6 is 0 Å². The molecule has 5 rings (SSSR count).